The minimum atomic E-state index is -0.123. The fraction of sp³-hybridized carbons (Fsp3) is 0.167. The summed E-state index contributed by atoms with van der Waals surface area (Å²) in [6, 6.07) is 21.2. The van der Waals surface area contributed by atoms with Crippen LogP contribution in [0.5, 0.6) is 0 Å². The molecule has 1 aliphatic heterocycles. The van der Waals surface area contributed by atoms with E-state index in [0.29, 0.717) is 17.1 Å². The summed E-state index contributed by atoms with van der Waals surface area (Å²) in [6.45, 7) is 2.76. The molecule has 0 unspecified atom stereocenters. The van der Waals surface area contributed by atoms with E-state index in [0.717, 1.165) is 35.3 Å². The third kappa shape index (κ3) is 4.17. The Bertz CT molecular complexity index is 1080. The number of anilines is 1. The normalized spacial score (nSPS) is 12.6. The molecule has 3 aromatic carbocycles. The predicted molar refractivity (Wildman–Crippen MR) is 116 cm³/mol. The van der Waals surface area contributed by atoms with Gasteiger partial charge in [-0.05, 0) is 65.1 Å². The van der Waals surface area contributed by atoms with Crippen LogP contribution in [0.15, 0.2) is 66.7 Å². The van der Waals surface area contributed by atoms with Crippen molar-refractivity contribution in [3.8, 4) is 11.1 Å². The van der Waals surface area contributed by atoms with Gasteiger partial charge in [0.05, 0.1) is 0 Å². The molecule has 3 aromatic rings. The van der Waals surface area contributed by atoms with Crippen molar-refractivity contribution in [2.45, 2.75) is 19.9 Å². The summed E-state index contributed by atoms with van der Waals surface area (Å²) in [6.07, 6.45) is 0.868. The van der Waals surface area contributed by atoms with Crippen LogP contribution in [-0.2, 0) is 17.8 Å². The van der Waals surface area contributed by atoms with Crippen molar-refractivity contribution in [2.24, 2.45) is 0 Å². The summed E-state index contributed by atoms with van der Waals surface area (Å²) < 4.78 is 0. The number of hydrogen-bond donors (Lipinski definition) is 1. The number of halogens is 1. The van der Waals surface area contributed by atoms with Crippen LogP contribution in [-0.4, -0.2) is 18.4 Å². The maximum atomic E-state index is 12.4. The van der Waals surface area contributed by atoms with Gasteiger partial charge in [0.1, 0.15) is 0 Å². The van der Waals surface area contributed by atoms with Crippen molar-refractivity contribution in [2.75, 3.05) is 11.4 Å². The number of rotatable bonds is 4. The zero-order chi connectivity index (χ0) is 20.4. The van der Waals surface area contributed by atoms with Crippen molar-refractivity contribution in [3.05, 3.63) is 88.4 Å². The summed E-state index contributed by atoms with van der Waals surface area (Å²) in [7, 11) is 0. The second kappa shape index (κ2) is 8.10. The number of carbonyl (C=O) groups is 2. The predicted octanol–water partition coefficient (Wildman–Crippen LogP) is 4.85. The van der Waals surface area contributed by atoms with Gasteiger partial charge in [-0.15, -0.1) is 0 Å². The molecular formula is C24H21ClN2O2. The average molecular weight is 405 g/mol. The van der Waals surface area contributed by atoms with Gasteiger partial charge in [-0.3, -0.25) is 9.59 Å². The summed E-state index contributed by atoms with van der Waals surface area (Å²) in [5.74, 6) is -0.0489. The van der Waals surface area contributed by atoms with Crippen LogP contribution in [0.2, 0.25) is 5.02 Å². The van der Waals surface area contributed by atoms with E-state index in [1.165, 1.54) is 5.56 Å². The van der Waals surface area contributed by atoms with Crippen LogP contribution in [0.1, 0.15) is 28.4 Å². The molecule has 0 atom stereocenters. The maximum Gasteiger partial charge on any atom is 0.251 e. The van der Waals surface area contributed by atoms with E-state index in [9.17, 15) is 9.59 Å². The molecule has 29 heavy (non-hydrogen) atoms. The number of carbonyl (C=O) groups excluding carboxylic acids is 2. The van der Waals surface area contributed by atoms with E-state index in [2.05, 4.69) is 11.4 Å². The Morgan fingerprint density at radius 2 is 1.76 bits per heavy atom. The number of fused-ring (bicyclic) bond motifs is 1. The van der Waals surface area contributed by atoms with Gasteiger partial charge in [0, 0.05) is 36.3 Å². The summed E-state index contributed by atoms with van der Waals surface area (Å²) in [4.78, 5) is 25.9. The lowest BCUT2D eigenvalue weighted by molar-refractivity contribution is -0.116. The minimum absolute atomic E-state index is 0.0737. The van der Waals surface area contributed by atoms with E-state index in [1.54, 1.807) is 6.92 Å². The van der Waals surface area contributed by atoms with Gasteiger partial charge in [0.25, 0.3) is 5.91 Å². The van der Waals surface area contributed by atoms with Crippen LogP contribution in [0.3, 0.4) is 0 Å². The Hall–Kier alpha value is -3.11. The lowest BCUT2D eigenvalue weighted by Crippen LogP contribution is -2.25. The highest BCUT2D eigenvalue weighted by Gasteiger charge is 2.22. The quantitative estimate of drug-likeness (QED) is 0.676. The van der Waals surface area contributed by atoms with Crippen LogP contribution in [0.4, 0.5) is 5.69 Å². The number of benzene rings is 3. The monoisotopic (exact) mass is 404 g/mol. The Labute approximate surface area is 175 Å². The SMILES string of the molecule is CC(=O)N1CCc2cc(-c3ccc(C(=O)NCc4cccc(Cl)c4)cc3)ccc21. The molecule has 0 saturated carbocycles. The first-order valence-corrected chi connectivity index (χ1v) is 9.93. The fourth-order valence-electron chi connectivity index (χ4n) is 3.65. The second-order valence-electron chi connectivity index (χ2n) is 7.15. The molecule has 4 nitrogen and oxygen atoms in total. The topological polar surface area (TPSA) is 49.4 Å². The zero-order valence-electron chi connectivity index (χ0n) is 16.1. The third-order valence-electron chi connectivity index (χ3n) is 5.18. The number of nitrogens with one attached hydrogen (secondary N) is 1. The van der Waals surface area contributed by atoms with Crippen LogP contribution >= 0.6 is 11.6 Å². The average Bonchev–Trinajstić information content (AvgIpc) is 3.16. The van der Waals surface area contributed by atoms with E-state index >= 15 is 0 Å². The molecule has 146 valence electrons. The standard InChI is InChI=1S/C24H21ClN2O2/c1-16(28)27-12-11-21-14-20(9-10-23(21)27)18-5-7-19(8-6-18)24(29)26-15-17-3-2-4-22(25)13-17/h2-10,13-14H,11-12,15H2,1H3,(H,26,29). The van der Waals surface area contributed by atoms with Gasteiger partial charge in [-0.1, -0.05) is 41.9 Å². The van der Waals surface area contributed by atoms with Gasteiger partial charge in [0.15, 0.2) is 0 Å². The molecule has 1 aliphatic rings. The molecular weight excluding hydrogens is 384 g/mol. The van der Waals surface area contributed by atoms with Gasteiger partial charge in [0.2, 0.25) is 5.91 Å². The van der Waals surface area contributed by atoms with E-state index < -0.39 is 0 Å². The van der Waals surface area contributed by atoms with Gasteiger partial charge >= 0.3 is 0 Å². The summed E-state index contributed by atoms with van der Waals surface area (Å²) in [5, 5.41) is 3.57. The van der Waals surface area contributed by atoms with Crippen molar-refractivity contribution >= 4 is 29.1 Å². The Morgan fingerprint density at radius 1 is 1.00 bits per heavy atom. The van der Waals surface area contributed by atoms with Crippen LogP contribution in [0, 0.1) is 0 Å². The van der Waals surface area contributed by atoms with Gasteiger partial charge in [-0.2, -0.15) is 0 Å². The summed E-state index contributed by atoms with van der Waals surface area (Å²) in [5.41, 5.74) is 5.87. The Kier molecular flexibility index (Phi) is 5.36. The number of nitrogens with zero attached hydrogens (tertiary/aromatic N) is 1. The third-order valence-corrected chi connectivity index (χ3v) is 5.41. The maximum absolute atomic E-state index is 12.4. The van der Waals surface area contributed by atoms with Crippen molar-refractivity contribution in [3.63, 3.8) is 0 Å². The zero-order valence-corrected chi connectivity index (χ0v) is 16.9. The molecule has 0 aromatic heterocycles. The van der Waals surface area contributed by atoms with Crippen LogP contribution in [0.25, 0.3) is 11.1 Å². The largest absolute Gasteiger partial charge is 0.348 e. The molecule has 5 heteroatoms. The first-order chi connectivity index (χ1) is 14.0. The van der Waals surface area contributed by atoms with E-state index in [-0.39, 0.29) is 11.8 Å². The fourth-order valence-corrected chi connectivity index (χ4v) is 3.87. The first-order valence-electron chi connectivity index (χ1n) is 9.55. The molecule has 1 heterocycles. The van der Waals surface area contributed by atoms with Gasteiger partial charge in [-0.25, -0.2) is 0 Å². The minimum Gasteiger partial charge on any atom is -0.348 e. The molecule has 0 aliphatic carbocycles. The highest BCUT2D eigenvalue weighted by Crippen LogP contribution is 2.32. The molecule has 0 fully saturated rings. The molecule has 0 radical (unpaired) electrons. The van der Waals surface area contributed by atoms with Crippen molar-refractivity contribution in [1.82, 2.24) is 5.32 Å². The molecule has 0 saturated heterocycles. The van der Waals surface area contributed by atoms with Crippen molar-refractivity contribution < 1.29 is 9.59 Å². The Balaban J connectivity index is 1.45. The lowest BCUT2D eigenvalue weighted by Gasteiger charge is -2.15. The highest BCUT2D eigenvalue weighted by atomic mass is 35.5. The van der Waals surface area contributed by atoms with Gasteiger partial charge < -0.3 is 10.2 Å². The van der Waals surface area contributed by atoms with E-state index in [4.69, 9.17) is 11.6 Å². The van der Waals surface area contributed by atoms with E-state index in [1.807, 2.05) is 65.6 Å². The molecule has 0 spiro atoms. The number of hydrogen-bond acceptors (Lipinski definition) is 2. The molecule has 4 rings (SSSR count). The second-order valence-corrected chi connectivity index (χ2v) is 7.59. The number of amides is 2. The Morgan fingerprint density at radius 3 is 2.48 bits per heavy atom. The molecule has 0 bridgehead atoms. The molecule has 1 N–H and O–H groups in total. The first kappa shape index (κ1) is 19.2. The van der Waals surface area contributed by atoms with Crippen LogP contribution < -0.4 is 10.2 Å². The highest BCUT2D eigenvalue weighted by molar-refractivity contribution is 6.30. The lowest BCUT2D eigenvalue weighted by atomic mass is 10.0. The summed E-state index contributed by atoms with van der Waals surface area (Å²) >= 11 is 5.98. The van der Waals surface area contributed by atoms with Crippen molar-refractivity contribution in [1.29, 1.82) is 0 Å². The smallest absolute Gasteiger partial charge is 0.251 e. The molecule has 2 amide bonds.